The molecule has 0 radical (unpaired) electrons. The maximum Gasteiger partial charge on any atom is 0.255 e. The topological polar surface area (TPSA) is 67.4 Å². The summed E-state index contributed by atoms with van der Waals surface area (Å²) in [6, 6.07) is 22.0. The van der Waals surface area contributed by atoms with Crippen LogP contribution >= 0.6 is 11.6 Å². The second-order valence-corrected chi connectivity index (χ2v) is 8.08. The minimum Gasteiger partial charge on any atom is -0.492 e. The molecule has 0 unspecified atom stereocenters. The molecule has 0 aromatic heterocycles. The number of hydrogen-bond acceptors (Lipinski definition) is 3. The lowest BCUT2D eigenvalue weighted by Crippen LogP contribution is -2.38. The zero-order valence-electron chi connectivity index (χ0n) is 17.1. The van der Waals surface area contributed by atoms with E-state index in [0.29, 0.717) is 29.3 Å². The van der Waals surface area contributed by atoms with Gasteiger partial charge in [0.25, 0.3) is 5.91 Å². The largest absolute Gasteiger partial charge is 0.492 e. The van der Waals surface area contributed by atoms with Gasteiger partial charge in [-0.15, -0.1) is 0 Å². The molecule has 1 aliphatic heterocycles. The second kappa shape index (κ2) is 9.23. The number of hydrogen-bond donors (Lipinski definition) is 2. The first-order valence-electron chi connectivity index (χ1n) is 10.2. The Morgan fingerprint density at radius 1 is 1.03 bits per heavy atom. The Bertz CT molecular complexity index is 1100. The van der Waals surface area contributed by atoms with Gasteiger partial charge in [-0.3, -0.25) is 9.59 Å². The number of carbonyl (C=O) groups is 2. The van der Waals surface area contributed by atoms with Gasteiger partial charge in [0.2, 0.25) is 5.91 Å². The maximum atomic E-state index is 12.8. The number of halogens is 1. The first-order valence-corrected chi connectivity index (χ1v) is 10.6. The molecule has 0 bridgehead atoms. The van der Waals surface area contributed by atoms with Gasteiger partial charge in [0.05, 0.1) is 12.0 Å². The van der Waals surface area contributed by atoms with Gasteiger partial charge in [-0.25, -0.2) is 0 Å². The van der Waals surface area contributed by atoms with Crippen LogP contribution in [0, 0.1) is 5.92 Å². The number of fused-ring (bicyclic) bond motifs is 1. The number of ether oxygens (including phenoxy) is 1. The summed E-state index contributed by atoms with van der Waals surface area (Å²) in [5.41, 5.74) is 3.07. The SMILES string of the molecule is C[C@H](NC(=O)[C@H]1COc2ccc(NC(=O)c3cccc(Cl)c3)cc2C1)c1ccccc1. The highest BCUT2D eigenvalue weighted by atomic mass is 35.5. The summed E-state index contributed by atoms with van der Waals surface area (Å²) >= 11 is 5.97. The number of rotatable bonds is 5. The van der Waals surface area contributed by atoms with Gasteiger partial charge < -0.3 is 15.4 Å². The Morgan fingerprint density at radius 3 is 2.61 bits per heavy atom. The van der Waals surface area contributed by atoms with E-state index in [1.807, 2.05) is 49.4 Å². The smallest absolute Gasteiger partial charge is 0.255 e. The predicted octanol–water partition coefficient (Wildman–Crippen LogP) is 5.02. The molecular weight excluding hydrogens is 412 g/mol. The van der Waals surface area contributed by atoms with Crippen LogP contribution in [0.3, 0.4) is 0 Å². The van der Waals surface area contributed by atoms with Crippen LogP contribution in [-0.2, 0) is 11.2 Å². The van der Waals surface area contributed by atoms with Crippen molar-refractivity contribution in [3.63, 3.8) is 0 Å². The fourth-order valence-electron chi connectivity index (χ4n) is 3.63. The Balaban J connectivity index is 1.42. The van der Waals surface area contributed by atoms with Crippen molar-refractivity contribution >= 4 is 29.1 Å². The fraction of sp³-hybridized carbons (Fsp3) is 0.200. The van der Waals surface area contributed by atoms with Crippen molar-refractivity contribution in [3.8, 4) is 5.75 Å². The number of nitrogens with one attached hydrogen (secondary N) is 2. The average molecular weight is 435 g/mol. The van der Waals surface area contributed by atoms with Crippen molar-refractivity contribution in [1.29, 1.82) is 0 Å². The monoisotopic (exact) mass is 434 g/mol. The quantitative estimate of drug-likeness (QED) is 0.592. The van der Waals surface area contributed by atoms with Crippen molar-refractivity contribution in [3.05, 3.63) is 94.5 Å². The minimum absolute atomic E-state index is 0.0460. The molecule has 2 atom stereocenters. The molecule has 2 amide bonds. The summed E-state index contributed by atoms with van der Waals surface area (Å²) in [6.07, 6.45) is 0.545. The van der Waals surface area contributed by atoms with Crippen LogP contribution < -0.4 is 15.4 Å². The van der Waals surface area contributed by atoms with Crippen LogP contribution in [0.2, 0.25) is 5.02 Å². The molecule has 5 nitrogen and oxygen atoms in total. The van der Waals surface area contributed by atoms with Gasteiger partial charge in [-0.1, -0.05) is 48.0 Å². The highest BCUT2D eigenvalue weighted by molar-refractivity contribution is 6.31. The van der Waals surface area contributed by atoms with Gasteiger partial charge in [0.15, 0.2) is 0 Å². The third kappa shape index (κ3) is 5.06. The van der Waals surface area contributed by atoms with E-state index in [2.05, 4.69) is 10.6 Å². The van der Waals surface area contributed by atoms with Crippen LogP contribution in [0.1, 0.15) is 34.5 Å². The lowest BCUT2D eigenvalue weighted by Gasteiger charge is -2.26. The van der Waals surface area contributed by atoms with Gasteiger partial charge in [-0.2, -0.15) is 0 Å². The van der Waals surface area contributed by atoms with E-state index in [1.54, 1.807) is 30.3 Å². The van der Waals surface area contributed by atoms with Gasteiger partial charge in [0.1, 0.15) is 12.4 Å². The fourth-order valence-corrected chi connectivity index (χ4v) is 3.82. The van der Waals surface area contributed by atoms with Crippen LogP contribution in [0.4, 0.5) is 5.69 Å². The number of amides is 2. The molecule has 4 rings (SSSR count). The summed E-state index contributed by atoms with van der Waals surface area (Å²) in [6.45, 7) is 2.29. The molecule has 2 N–H and O–H groups in total. The third-order valence-electron chi connectivity index (χ3n) is 5.34. The first-order chi connectivity index (χ1) is 15.0. The van der Waals surface area contributed by atoms with E-state index in [1.165, 1.54) is 0 Å². The van der Waals surface area contributed by atoms with Crippen molar-refractivity contribution in [2.75, 3.05) is 11.9 Å². The summed E-state index contributed by atoms with van der Waals surface area (Å²) in [5.74, 6) is 0.152. The predicted molar refractivity (Wildman–Crippen MR) is 122 cm³/mol. The van der Waals surface area contributed by atoms with Crippen LogP contribution in [0.25, 0.3) is 0 Å². The van der Waals surface area contributed by atoms with Crippen molar-refractivity contribution in [1.82, 2.24) is 5.32 Å². The standard InChI is InChI=1S/C25H23ClN2O3/c1-16(17-6-3-2-4-7-17)27-25(30)20-12-19-14-22(10-11-23(19)31-15-20)28-24(29)18-8-5-9-21(26)13-18/h2-11,13-14,16,20H,12,15H2,1H3,(H,27,30)(H,28,29)/t16-,20+/m0/s1. The number of benzene rings is 3. The lowest BCUT2D eigenvalue weighted by atomic mass is 9.95. The van der Waals surface area contributed by atoms with E-state index in [9.17, 15) is 9.59 Å². The molecule has 3 aromatic carbocycles. The zero-order chi connectivity index (χ0) is 21.8. The van der Waals surface area contributed by atoms with Crippen LogP contribution in [0.5, 0.6) is 5.75 Å². The molecule has 0 fully saturated rings. The van der Waals surface area contributed by atoms with Gasteiger partial charge >= 0.3 is 0 Å². The molecule has 3 aromatic rings. The van der Waals surface area contributed by atoms with Gasteiger partial charge in [0, 0.05) is 16.3 Å². The zero-order valence-corrected chi connectivity index (χ0v) is 17.9. The third-order valence-corrected chi connectivity index (χ3v) is 5.58. The van der Waals surface area contributed by atoms with Crippen molar-refractivity contribution in [2.24, 2.45) is 5.92 Å². The van der Waals surface area contributed by atoms with E-state index in [-0.39, 0.29) is 23.8 Å². The maximum absolute atomic E-state index is 12.8. The lowest BCUT2D eigenvalue weighted by molar-refractivity contribution is -0.126. The molecular formula is C25H23ClN2O3. The number of carbonyl (C=O) groups excluding carboxylic acids is 2. The van der Waals surface area contributed by atoms with Crippen molar-refractivity contribution in [2.45, 2.75) is 19.4 Å². The molecule has 6 heteroatoms. The molecule has 31 heavy (non-hydrogen) atoms. The first kappa shape index (κ1) is 20.9. The average Bonchev–Trinajstić information content (AvgIpc) is 2.79. The summed E-state index contributed by atoms with van der Waals surface area (Å²) in [4.78, 5) is 25.3. The summed E-state index contributed by atoms with van der Waals surface area (Å²) in [7, 11) is 0. The molecule has 0 spiro atoms. The van der Waals surface area contributed by atoms with Crippen LogP contribution in [0.15, 0.2) is 72.8 Å². The summed E-state index contributed by atoms with van der Waals surface area (Å²) in [5, 5.41) is 6.45. The highest BCUT2D eigenvalue weighted by Gasteiger charge is 2.27. The van der Waals surface area contributed by atoms with E-state index in [0.717, 1.165) is 16.9 Å². The molecule has 158 valence electrons. The van der Waals surface area contributed by atoms with Crippen molar-refractivity contribution < 1.29 is 14.3 Å². The van der Waals surface area contributed by atoms with E-state index in [4.69, 9.17) is 16.3 Å². The highest BCUT2D eigenvalue weighted by Crippen LogP contribution is 2.30. The Hall–Kier alpha value is -3.31. The molecule has 0 saturated carbocycles. The molecule has 1 aliphatic rings. The Morgan fingerprint density at radius 2 is 1.84 bits per heavy atom. The van der Waals surface area contributed by atoms with E-state index < -0.39 is 0 Å². The second-order valence-electron chi connectivity index (χ2n) is 7.64. The molecule has 0 aliphatic carbocycles. The molecule has 1 heterocycles. The minimum atomic E-state index is -0.294. The Kier molecular flexibility index (Phi) is 6.23. The normalized spacial score (nSPS) is 15.9. The van der Waals surface area contributed by atoms with Gasteiger partial charge in [-0.05, 0) is 60.9 Å². The van der Waals surface area contributed by atoms with E-state index >= 15 is 0 Å². The Labute approximate surface area is 186 Å². The summed E-state index contributed by atoms with van der Waals surface area (Å²) < 4.78 is 5.81. The molecule has 0 saturated heterocycles. The number of anilines is 1. The van der Waals surface area contributed by atoms with Crippen LogP contribution in [-0.4, -0.2) is 18.4 Å².